The second kappa shape index (κ2) is 3.76. The van der Waals surface area contributed by atoms with Gasteiger partial charge in [0, 0.05) is 36.5 Å². The lowest BCUT2D eigenvalue weighted by atomic mass is 9.90. The van der Waals surface area contributed by atoms with Crippen molar-refractivity contribution in [3.63, 3.8) is 0 Å². The fourth-order valence-corrected chi connectivity index (χ4v) is 2.51. The molecule has 0 amide bonds. The Kier molecular flexibility index (Phi) is 2.26. The lowest BCUT2D eigenvalue weighted by Gasteiger charge is -2.22. The Morgan fingerprint density at radius 1 is 1.31 bits per heavy atom. The molecule has 2 heterocycles. The van der Waals surface area contributed by atoms with Gasteiger partial charge in [-0.05, 0) is 11.6 Å². The van der Waals surface area contributed by atoms with Crippen molar-refractivity contribution in [2.75, 3.05) is 11.9 Å². The molecular formula is C13H14N2O. The van der Waals surface area contributed by atoms with Crippen LogP contribution in [-0.2, 0) is 0 Å². The van der Waals surface area contributed by atoms with E-state index in [9.17, 15) is 0 Å². The molecule has 0 fully saturated rings. The van der Waals surface area contributed by atoms with Gasteiger partial charge in [0.25, 0.3) is 0 Å². The van der Waals surface area contributed by atoms with E-state index in [0.717, 1.165) is 5.71 Å². The summed E-state index contributed by atoms with van der Waals surface area (Å²) in [4.78, 5) is 4.36. The summed E-state index contributed by atoms with van der Waals surface area (Å²) in [6, 6.07) is 8.58. The van der Waals surface area contributed by atoms with Crippen LogP contribution in [0.2, 0.25) is 0 Å². The third-order valence-corrected chi connectivity index (χ3v) is 3.25. The Morgan fingerprint density at radius 3 is 3.06 bits per heavy atom. The van der Waals surface area contributed by atoms with Crippen LogP contribution in [0.25, 0.3) is 0 Å². The van der Waals surface area contributed by atoms with Crippen LogP contribution in [0.5, 0.6) is 0 Å². The molecule has 3 heteroatoms. The average Bonchev–Trinajstić information content (AvgIpc) is 2.69. The number of hydrogen-bond donors (Lipinski definition) is 2. The first-order valence-corrected chi connectivity index (χ1v) is 5.59. The van der Waals surface area contributed by atoms with E-state index in [1.165, 1.54) is 11.3 Å². The molecule has 2 aliphatic rings. The van der Waals surface area contributed by atoms with Crippen LogP contribution in [0.4, 0.5) is 5.69 Å². The summed E-state index contributed by atoms with van der Waals surface area (Å²) in [5, 5.41) is 12.5. The van der Waals surface area contributed by atoms with Crippen LogP contribution in [0.1, 0.15) is 17.9 Å². The van der Waals surface area contributed by atoms with Gasteiger partial charge in [0.05, 0.1) is 6.04 Å². The highest BCUT2D eigenvalue weighted by Gasteiger charge is 2.34. The van der Waals surface area contributed by atoms with Crippen LogP contribution in [0, 0.1) is 0 Å². The molecule has 0 saturated heterocycles. The number of anilines is 1. The summed E-state index contributed by atoms with van der Waals surface area (Å²) >= 11 is 0. The van der Waals surface area contributed by atoms with Gasteiger partial charge in [-0.1, -0.05) is 24.3 Å². The average molecular weight is 214 g/mol. The maximum Gasteiger partial charge on any atom is 0.0751 e. The van der Waals surface area contributed by atoms with Gasteiger partial charge in [0.15, 0.2) is 0 Å². The Hall–Kier alpha value is -1.61. The van der Waals surface area contributed by atoms with Gasteiger partial charge in [0.2, 0.25) is 0 Å². The number of hydrogen-bond acceptors (Lipinski definition) is 3. The smallest absolute Gasteiger partial charge is 0.0751 e. The third-order valence-electron chi connectivity index (χ3n) is 3.25. The molecule has 1 aromatic rings. The minimum absolute atomic E-state index is 0.161. The topological polar surface area (TPSA) is 44.6 Å². The fraction of sp³-hybridized carbons (Fsp3) is 0.308. The van der Waals surface area contributed by atoms with E-state index in [4.69, 9.17) is 5.11 Å². The lowest BCUT2D eigenvalue weighted by molar-refractivity contribution is 0.306. The van der Waals surface area contributed by atoms with Crippen LogP contribution in [-0.4, -0.2) is 23.5 Å². The summed E-state index contributed by atoms with van der Waals surface area (Å²) in [5.41, 5.74) is 3.56. The molecule has 2 atom stereocenters. The van der Waals surface area contributed by atoms with Gasteiger partial charge in [-0.15, -0.1) is 0 Å². The summed E-state index contributed by atoms with van der Waals surface area (Å²) in [7, 11) is 0. The van der Waals surface area contributed by atoms with Crippen molar-refractivity contribution in [1.29, 1.82) is 0 Å². The molecular weight excluding hydrogens is 200 g/mol. The number of aliphatic hydroxyl groups excluding tert-OH is 1. The van der Waals surface area contributed by atoms with Gasteiger partial charge in [-0.3, -0.25) is 4.99 Å². The van der Waals surface area contributed by atoms with E-state index >= 15 is 0 Å². The maximum atomic E-state index is 9.02. The molecule has 3 rings (SSSR count). The number of aliphatic hydroxyl groups is 1. The number of benzene rings is 1. The molecule has 0 bridgehead atoms. The minimum atomic E-state index is 0.161. The first kappa shape index (κ1) is 9.60. The molecule has 0 radical (unpaired) electrons. The Labute approximate surface area is 94.5 Å². The molecule has 16 heavy (non-hydrogen) atoms. The zero-order valence-electron chi connectivity index (χ0n) is 8.93. The maximum absolute atomic E-state index is 9.02. The number of rotatable bonds is 2. The van der Waals surface area contributed by atoms with Crippen LogP contribution in [0.15, 0.2) is 41.5 Å². The standard InChI is InChI=1S/C13H14N2O/c16-8-6-12-13-10(5-7-14-12)9-3-1-2-4-11(9)15-13/h1-5,7,10,13,15-16H,6,8H2/t10-,13+/m0/s1. The van der Waals surface area contributed by atoms with Crippen LogP contribution >= 0.6 is 0 Å². The number of para-hydroxylation sites is 1. The van der Waals surface area contributed by atoms with Gasteiger partial charge in [-0.2, -0.15) is 0 Å². The Bertz CT molecular complexity index is 465. The normalized spacial score (nSPS) is 25.7. The molecule has 0 aromatic heterocycles. The van der Waals surface area contributed by atoms with Crippen molar-refractivity contribution in [3.05, 3.63) is 42.1 Å². The van der Waals surface area contributed by atoms with E-state index in [0.29, 0.717) is 12.3 Å². The van der Waals surface area contributed by atoms with Crippen molar-refractivity contribution < 1.29 is 5.11 Å². The molecule has 2 aliphatic heterocycles. The van der Waals surface area contributed by atoms with Gasteiger partial charge in [0.1, 0.15) is 0 Å². The summed E-state index contributed by atoms with van der Waals surface area (Å²) in [6.45, 7) is 0.161. The molecule has 3 nitrogen and oxygen atoms in total. The van der Waals surface area contributed by atoms with E-state index in [-0.39, 0.29) is 12.6 Å². The van der Waals surface area contributed by atoms with Gasteiger partial charge >= 0.3 is 0 Å². The van der Waals surface area contributed by atoms with Crippen LogP contribution in [0.3, 0.4) is 0 Å². The van der Waals surface area contributed by atoms with Crippen molar-refractivity contribution in [1.82, 2.24) is 0 Å². The Morgan fingerprint density at radius 2 is 2.19 bits per heavy atom. The summed E-state index contributed by atoms with van der Waals surface area (Å²) in [5.74, 6) is 0.371. The third kappa shape index (κ3) is 1.36. The van der Waals surface area contributed by atoms with Crippen molar-refractivity contribution in [2.24, 2.45) is 4.99 Å². The zero-order chi connectivity index (χ0) is 11.0. The first-order chi connectivity index (χ1) is 7.90. The second-order valence-corrected chi connectivity index (χ2v) is 4.17. The Balaban J connectivity index is 1.97. The first-order valence-electron chi connectivity index (χ1n) is 5.59. The molecule has 0 spiro atoms. The van der Waals surface area contributed by atoms with E-state index in [1.807, 2.05) is 12.3 Å². The van der Waals surface area contributed by atoms with Crippen molar-refractivity contribution in [3.8, 4) is 0 Å². The predicted molar refractivity (Wildman–Crippen MR) is 64.9 cm³/mol. The monoisotopic (exact) mass is 214 g/mol. The SMILES string of the molecule is OCCC1=NC=C[C@H]2c3ccccc3N[C@@H]12. The molecule has 0 saturated carbocycles. The van der Waals surface area contributed by atoms with E-state index in [1.54, 1.807) is 0 Å². The molecule has 82 valence electrons. The quantitative estimate of drug-likeness (QED) is 0.790. The molecule has 2 N–H and O–H groups in total. The number of aliphatic imine (C=N–C) groups is 1. The van der Waals surface area contributed by atoms with Crippen molar-refractivity contribution >= 4 is 11.4 Å². The predicted octanol–water partition coefficient (Wildman–Crippen LogP) is 1.92. The van der Waals surface area contributed by atoms with Crippen molar-refractivity contribution in [2.45, 2.75) is 18.4 Å². The molecule has 1 aromatic carbocycles. The summed E-state index contributed by atoms with van der Waals surface area (Å²) < 4.78 is 0. The number of nitrogens with one attached hydrogen (secondary N) is 1. The fourth-order valence-electron chi connectivity index (χ4n) is 2.51. The number of nitrogens with zero attached hydrogens (tertiary/aromatic N) is 1. The molecule has 0 aliphatic carbocycles. The van der Waals surface area contributed by atoms with Crippen LogP contribution < -0.4 is 5.32 Å². The van der Waals surface area contributed by atoms with E-state index < -0.39 is 0 Å². The highest BCUT2D eigenvalue weighted by Crippen LogP contribution is 2.39. The highest BCUT2D eigenvalue weighted by molar-refractivity contribution is 5.96. The van der Waals surface area contributed by atoms with E-state index in [2.05, 4.69) is 34.6 Å². The minimum Gasteiger partial charge on any atom is -0.396 e. The second-order valence-electron chi connectivity index (χ2n) is 4.17. The largest absolute Gasteiger partial charge is 0.396 e. The number of fused-ring (bicyclic) bond motifs is 3. The summed E-state index contributed by atoms with van der Waals surface area (Å²) in [6.07, 6.45) is 4.63. The highest BCUT2D eigenvalue weighted by atomic mass is 16.3. The van der Waals surface area contributed by atoms with Gasteiger partial charge < -0.3 is 10.4 Å². The zero-order valence-corrected chi connectivity index (χ0v) is 8.93. The lowest BCUT2D eigenvalue weighted by Crippen LogP contribution is -2.32. The van der Waals surface area contributed by atoms with Gasteiger partial charge in [-0.25, -0.2) is 0 Å². The molecule has 0 unspecified atom stereocenters.